The Kier molecular flexibility index (Phi) is 5.19. The Labute approximate surface area is 111 Å². The van der Waals surface area contributed by atoms with E-state index in [1.54, 1.807) is 0 Å². The summed E-state index contributed by atoms with van der Waals surface area (Å²) in [7, 11) is 0. The van der Waals surface area contributed by atoms with Crippen LogP contribution in [0.1, 0.15) is 39.5 Å². The van der Waals surface area contributed by atoms with Gasteiger partial charge in [-0.25, -0.2) is 0 Å². The minimum absolute atomic E-state index is 0.749. The summed E-state index contributed by atoms with van der Waals surface area (Å²) in [5.74, 6) is 0.770. The largest absolute Gasteiger partial charge is 0.312 e. The van der Waals surface area contributed by atoms with Crippen LogP contribution < -0.4 is 5.32 Å². The third-order valence-corrected chi connectivity index (χ3v) is 5.38. The second-order valence-corrected chi connectivity index (χ2v) is 7.10. The van der Waals surface area contributed by atoms with Gasteiger partial charge in [-0.3, -0.25) is 4.90 Å². The maximum Gasteiger partial charge on any atom is 0.0243 e. The molecule has 1 heterocycles. The SMILES string of the molecule is CSC1CCN(C(CNC2CC2)C(C)C)CC1. The van der Waals surface area contributed by atoms with Crippen LogP contribution in [0.15, 0.2) is 0 Å². The summed E-state index contributed by atoms with van der Waals surface area (Å²) in [6.07, 6.45) is 7.83. The van der Waals surface area contributed by atoms with Gasteiger partial charge in [-0.2, -0.15) is 11.8 Å². The van der Waals surface area contributed by atoms with Crippen LogP contribution in [0, 0.1) is 5.92 Å². The molecule has 0 spiro atoms. The van der Waals surface area contributed by atoms with Crippen LogP contribution in [0.5, 0.6) is 0 Å². The molecular weight excluding hydrogens is 228 g/mol. The molecule has 0 amide bonds. The van der Waals surface area contributed by atoms with Gasteiger partial charge in [0.15, 0.2) is 0 Å². The van der Waals surface area contributed by atoms with Crippen molar-refractivity contribution in [3.8, 4) is 0 Å². The fraction of sp³-hybridized carbons (Fsp3) is 1.00. The van der Waals surface area contributed by atoms with E-state index in [9.17, 15) is 0 Å². The molecule has 0 aromatic heterocycles. The molecule has 17 heavy (non-hydrogen) atoms. The van der Waals surface area contributed by atoms with Gasteiger partial charge >= 0.3 is 0 Å². The molecule has 1 aliphatic carbocycles. The normalized spacial score (nSPS) is 25.4. The van der Waals surface area contributed by atoms with E-state index in [0.29, 0.717) is 0 Å². The van der Waals surface area contributed by atoms with Crippen molar-refractivity contribution in [2.24, 2.45) is 5.92 Å². The van der Waals surface area contributed by atoms with E-state index in [0.717, 1.165) is 23.3 Å². The van der Waals surface area contributed by atoms with Crippen LogP contribution in [0.2, 0.25) is 0 Å². The number of rotatable bonds is 6. The molecule has 2 nitrogen and oxygen atoms in total. The number of hydrogen-bond acceptors (Lipinski definition) is 3. The highest BCUT2D eigenvalue weighted by atomic mass is 32.2. The molecule has 0 aromatic carbocycles. The fourth-order valence-electron chi connectivity index (χ4n) is 2.80. The molecule has 1 saturated carbocycles. The highest BCUT2D eigenvalue weighted by Gasteiger charge is 2.28. The Hall–Kier alpha value is 0.270. The number of hydrogen-bond donors (Lipinski definition) is 1. The highest BCUT2D eigenvalue weighted by Crippen LogP contribution is 2.25. The summed E-state index contributed by atoms with van der Waals surface area (Å²) in [6.45, 7) is 8.56. The Morgan fingerprint density at radius 1 is 1.18 bits per heavy atom. The van der Waals surface area contributed by atoms with Crippen LogP contribution in [0.25, 0.3) is 0 Å². The smallest absolute Gasteiger partial charge is 0.0243 e. The molecule has 1 N–H and O–H groups in total. The van der Waals surface area contributed by atoms with Crippen LogP contribution in [0.3, 0.4) is 0 Å². The molecule has 0 aromatic rings. The lowest BCUT2D eigenvalue weighted by molar-refractivity contribution is 0.128. The quantitative estimate of drug-likeness (QED) is 0.786. The summed E-state index contributed by atoms with van der Waals surface area (Å²) >= 11 is 2.05. The monoisotopic (exact) mass is 256 g/mol. The van der Waals surface area contributed by atoms with Crippen LogP contribution in [0.4, 0.5) is 0 Å². The molecule has 1 saturated heterocycles. The van der Waals surface area contributed by atoms with Gasteiger partial charge in [-0.1, -0.05) is 13.8 Å². The standard InChI is InChI=1S/C14H28N2S/c1-11(2)14(10-15-12-4-5-12)16-8-6-13(17-3)7-9-16/h11-15H,4-10H2,1-3H3. The van der Waals surface area contributed by atoms with E-state index in [4.69, 9.17) is 0 Å². The molecule has 0 radical (unpaired) electrons. The van der Waals surface area contributed by atoms with Gasteiger partial charge in [-0.15, -0.1) is 0 Å². The number of nitrogens with one attached hydrogen (secondary N) is 1. The maximum atomic E-state index is 3.71. The topological polar surface area (TPSA) is 15.3 Å². The summed E-state index contributed by atoms with van der Waals surface area (Å²) in [4.78, 5) is 2.73. The Balaban J connectivity index is 1.78. The number of nitrogens with zero attached hydrogens (tertiary/aromatic N) is 1. The maximum absolute atomic E-state index is 3.71. The van der Waals surface area contributed by atoms with Crippen molar-refractivity contribution in [2.45, 2.75) is 56.9 Å². The number of thioether (sulfide) groups is 1. The van der Waals surface area contributed by atoms with Crippen LogP contribution in [-0.4, -0.2) is 48.1 Å². The molecule has 100 valence electrons. The summed E-state index contributed by atoms with van der Waals surface area (Å²) in [5.41, 5.74) is 0. The van der Waals surface area contributed by atoms with Gasteiger partial charge in [0.25, 0.3) is 0 Å². The minimum atomic E-state index is 0.749. The van der Waals surface area contributed by atoms with E-state index >= 15 is 0 Å². The van der Waals surface area contributed by atoms with Crippen molar-refractivity contribution >= 4 is 11.8 Å². The molecule has 1 atom stereocenters. The van der Waals surface area contributed by atoms with Crippen molar-refractivity contribution in [2.75, 3.05) is 25.9 Å². The van der Waals surface area contributed by atoms with Crippen molar-refractivity contribution in [3.05, 3.63) is 0 Å². The Morgan fingerprint density at radius 3 is 2.29 bits per heavy atom. The molecule has 1 aliphatic heterocycles. The molecular formula is C14H28N2S. The zero-order valence-electron chi connectivity index (χ0n) is 11.6. The van der Waals surface area contributed by atoms with Gasteiger partial charge in [0.1, 0.15) is 0 Å². The van der Waals surface area contributed by atoms with E-state index in [-0.39, 0.29) is 0 Å². The number of piperidine rings is 1. The lowest BCUT2D eigenvalue weighted by Crippen LogP contribution is -2.49. The summed E-state index contributed by atoms with van der Waals surface area (Å²) in [5, 5.41) is 4.63. The highest BCUT2D eigenvalue weighted by molar-refractivity contribution is 7.99. The van der Waals surface area contributed by atoms with Crippen LogP contribution >= 0.6 is 11.8 Å². The van der Waals surface area contributed by atoms with Crippen molar-refractivity contribution < 1.29 is 0 Å². The first-order valence-electron chi connectivity index (χ1n) is 7.21. The van der Waals surface area contributed by atoms with E-state index < -0.39 is 0 Å². The van der Waals surface area contributed by atoms with E-state index in [2.05, 4.69) is 42.1 Å². The Bertz CT molecular complexity index is 220. The van der Waals surface area contributed by atoms with Gasteiger partial charge in [0.2, 0.25) is 0 Å². The predicted molar refractivity (Wildman–Crippen MR) is 77.8 cm³/mol. The molecule has 2 fully saturated rings. The summed E-state index contributed by atoms with van der Waals surface area (Å²) in [6, 6.07) is 1.60. The van der Waals surface area contributed by atoms with Crippen LogP contribution in [-0.2, 0) is 0 Å². The average molecular weight is 256 g/mol. The first-order chi connectivity index (χ1) is 8.20. The zero-order valence-corrected chi connectivity index (χ0v) is 12.4. The first kappa shape index (κ1) is 13.7. The fourth-order valence-corrected chi connectivity index (χ4v) is 3.49. The second kappa shape index (κ2) is 6.44. The lowest BCUT2D eigenvalue weighted by atomic mass is 9.99. The van der Waals surface area contributed by atoms with Gasteiger partial charge < -0.3 is 5.32 Å². The molecule has 2 aliphatic rings. The summed E-state index contributed by atoms with van der Waals surface area (Å²) < 4.78 is 0. The number of likely N-dealkylation sites (tertiary alicyclic amines) is 1. The van der Waals surface area contributed by atoms with Crippen molar-refractivity contribution in [3.63, 3.8) is 0 Å². The molecule has 3 heteroatoms. The zero-order chi connectivity index (χ0) is 12.3. The van der Waals surface area contributed by atoms with E-state index in [1.165, 1.54) is 45.3 Å². The van der Waals surface area contributed by atoms with E-state index in [1.807, 2.05) is 0 Å². The third-order valence-electron chi connectivity index (χ3n) is 4.24. The van der Waals surface area contributed by atoms with Gasteiger partial charge in [-0.05, 0) is 50.9 Å². The van der Waals surface area contributed by atoms with Crippen molar-refractivity contribution in [1.29, 1.82) is 0 Å². The average Bonchev–Trinajstić information content (AvgIpc) is 3.14. The first-order valence-corrected chi connectivity index (χ1v) is 8.49. The van der Waals surface area contributed by atoms with Crippen molar-refractivity contribution in [1.82, 2.24) is 10.2 Å². The predicted octanol–water partition coefficient (Wildman–Crippen LogP) is 2.59. The Morgan fingerprint density at radius 2 is 1.82 bits per heavy atom. The molecule has 1 unspecified atom stereocenters. The minimum Gasteiger partial charge on any atom is -0.312 e. The molecule has 0 bridgehead atoms. The van der Waals surface area contributed by atoms with Gasteiger partial charge in [0, 0.05) is 23.9 Å². The lowest BCUT2D eigenvalue weighted by Gasteiger charge is -2.39. The van der Waals surface area contributed by atoms with Gasteiger partial charge in [0.05, 0.1) is 0 Å². The molecule has 2 rings (SSSR count). The second-order valence-electron chi connectivity index (χ2n) is 5.96. The third kappa shape index (κ3) is 4.15.